The number of hydrogen-bond donors (Lipinski definition) is 1. The zero-order valence-electron chi connectivity index (χ0n) is 13.5. The Balaban J connectivity index is 2.27. The Hall–Kier alpha value is -1.49. The molecule has 0 aliphatic carbocycles. The second-order valence-corrected chi connectivity index (χ2v) is 7.37. The van der Waals surface area contributed by atoms with E-state index < -0.39 is 11.7 Å². The van der Waals surface area contributed by atoms with Crippen LogP contribution in [0.25, 0.3) is 11.1 Å². The van der Waals surface area contributed by atoms with Crippen molar-refractivity contribution in [1.29, 1.82) is 0 Å². The van der Waals surface area contributed by atoms with Crippen LogP contribution in [0.3, 0.4) is 0 Å². The number of nitrogens with zero attached hydrogens (tertiary/aromatic N) is 1. The minimum absolute atomic E-state index is 0.228. The quantitative estimate of drug-likeness (QED) is 0.684. The Bertz CT molecular complexity index is 758. The van der Waals surface area contributed by atoms with E-state index in [9.17, 15) is 4.79 Å². The number of amides is 1. The van der Waals surface area contributed by atoms with Crippen molar-refractivity contribution in [2.24, 2.45) is 0 Å². The van der Waals surface area contributed by atoms with Gasteiger partial charge in [-0.25, -0.2) is 9.78 Å². The summed E-state index contributed by atoms with van der Waals surface area (Å²) in [6.07, 6.45) is 1.10. The largest absolute Gasteiger partial charge is 0.444 e. The Morgan fingerprint density at radius 1 is 1.17 bits per heavy atom. The molecule has 0 saturated heterocycles. The van der Waals surface area contributed by atoms with Gasteiger partial charge in [0.05, 0.1) is 0 Å². The highest BCUT2D eigenvalue weighted by atomic mass is 35.5. The number of pyridine rings is 1. The average molecular weight is 388 g/mol. The number of nitrogens with one attached hydrogen (secondary N) is 1. The minimum Gasteiger partial charge on any atom is -0.444 e. The molecule has 0 radical (unpaired) electrons. The SMILES string of the molecule is CC(C)(C)OC(=O)NCc1cc(Cl)ncc1-c1ccc(Cl)cc1Cl. The number of ether oxygens (including phenoxy) is 1. The predicted molar refractivity (Wildman–Crippen MR) is 97.8 cm³/mol. The summed E-state index contributed by atoms with van der Waals surface area (Å²) in [4.78, 5) is 15.9. The van der Waals surface area contributed by atoms with E-state index in [1.165, 1.54) is 0 Å². The summed E-state index contributed by atoms with van der Waals surface area (Å²) >= 11 is 18.2. The van der Waals surface area contributed by atoms with Gasteiger partial charge in [0.25, 0.3) is 0 Å². The molecule has 0 saturated carbocycles. The van der Waals surface area contributed by atoms with E-state index in [1.54, 1.807) is 51.2 Å². The first-order valence-corrected chi connectivity index (χ1v) is 8.36. The van der Waals surface area contributed by atoms with Crippen molar-refractivity contribution in [1.82, 2.24) is 10.3 Å². The molecule has 1 heterocycles. The summed E-state index contributed by atoms with van der Waals surface area (Å²) in [5.74, 6) is 0. The number of rotatable bonds is 3. The summed E-state index contributed by atoms with van der Waals surface area (Å²) in [5, 5.41) is 4.06. The van der Waals surface area contributed by atoms with Gasteiger partial charge in [-0.1, -0.05) is 40.9 Å². The van der Waals surface area contributed by atoms with Crippen molar-refractivity contribution >= 4 is 40.9 Å². The molecule has 1 amide bonds. The molecule has 1 N–H and O–H groups in total. The second-order valence-electron chi connectivity index (χ2n) is 6.14. The van der Waals surface area contributed by atoms with Gasteiger partial charge < -0.3 is 10.1 Å². The Kier molecular flexibility index (Phi) is 5.97. The van der Waals surface area contributed by atoms with Gasteiger partial charge >= 0.3 is 6.09 Å². The number of hydrogen-bond acceptors (Lipinski definition) is 3. The fourth-order valence-corrected chi connectivity index (χ4v) is 2.74. The second kappa shape index (κ2) is 7.60. The monoisotopic (exact) mass is 386 g/mol. The standard InChI is InChI=1S/C17H17Cl3N2O2/c1-17(2,3)24-16(23)22-8-10-6-15(20)21-9-13(10)12-5-4-11(18)7-14(12)19/h4-7,9H,8H2,1-3H3,(H,22,23). The Labute approximate surface area is 156 Å². The molecule has 4 nitrogen and oxygen atoms in total. The lowest BCUT2D eigenvalue weighted by atomic mass is 10.0. The molecule has 2 rings (SSSR count). The van der Waals surface area contributed by atoms with E-state index in [0.29, 0.717) is 15.2 Å². The van der Waals surface area contributed by atoms with Gasteiger partial charge in [-0.15, -0.1) is 0 Å². The van der Waals surface area contributed by atoms with E-state index in [4.69, 9.17) is 39.5 Å². The molecule has 24 heavy (non-hydrogen) atoms. The normalized spacial score (nSPS) is 11.2. The molecule has 0 fully saturated rings. The van der Waals surface area contributed by atoms with Crippen LogP contribution in [0.1, 0.15) is 26.3 Å². The summed E-state index contributed by atoms with van der Waals surface area (Å²) < 4.78 is 5.23. The van der Waals surface area contributed by atoms with Crippen LogP contribution in [0.5, 0.6) is 0 Å². The molecule has 0 unspecified atom stereocenters. The van der Waals surface area contributed by atoms with Crippen LogP contribution >= 0.6 is 34.8 Å². The van der Waals surface area contributed by atoms with Crippen LogP contribution in [-0.4, -0.2) is 16.7 Å². The predicted octanol–water partition coefficient (Wildman–Crippen LogP) is 5.73. The van der Waals surface area contributed by atoms with E-state index >= 15 is 0 Å². The lowest BCUT2D eigenvalue weighted by molar-refractivity contribution is 0.0523. The molecule has 0 aliphatic heterocycles. The van der Waals surface area contributed by atoms with Crippen molar-refractivity contribution < 1.29 is 9.53 Å². The molecule has 2 aromatic rings. The van der Waals surface area contributed by atoms with Crippen LogP contribution in [-0.2, 0) is 11.3 Å². The van der Waals surface area contributed by atoms with E-state index in [1.807, 2.05) is 0 Å². The summed E-state index contributed by atoms with van der Waals surface area (Å²) in [7, 11) is 0. The number of halogens is 3. The van der Waals surface area contributed by atoms with Crippen molar-refractivity contribution in [3.05, 3.63) is 51.2 Å². The van der Waals surface area contributed by atoms with Crippen LogP contribution in [0.15, 0.2) is 30.5 Å². The van der Waals surface area contributed by atoms with Gasteiger partial charge in [-0.05, 0) is 44.5 Å². The molecule has 1 aromatic carbocycles. The van der Waals surface area contributed by atoms with Gasteiger partial charge in [0.15, 0.2) is 0 Å². The van der Waals surface area contributed by atoms with Crippen molar-refractivity contribution in [3.63, 3.8) is 0 Å². The molecule has 7 heteroatoms. The van der Waals surface area contributed by atoms with E-state index in [0.717, 1.165) is 16.7 Å². The minimum atomic E-state index is -0.567. The first-order chi connectivity index (χ1) is 11.2. The highest BCUT2D eigenvalue weighted by Crippen LogP contribution is 2.33. The van der Waals surface area contributed by atoms with Crippen LogP contribution in [0.2, 0.25) is 15.2 Å². The highest BCUT2D eigenvalue weighted by molar-refractivity contribution is 6.36. The lowest BCUT2D eigenvalue weighted by Crippen LogP contribution is -2.32. The van der Waals surface area contributed by atoms with E-state index in [-0.39, 0.29) is 6.54 Å². The van der Waals surface area contributed by atoms with Gasteiger partial charge in [0, 0.05) is 33.9 Å². The van der Waals surface area contributed by atoms with Crippen LogP contribution < -0.4 is 5.32 Å². The van der Waals surface area contributed by atoms with E-state index in [2.05, 4.69) is 10.3 Å². The molecule has 1 aromatic heterocycles. The summed E-state index contributed by atoms with van der Waals surface area (Å²) in [5.41, 5.74) is 1.72. The van der Waals surface area contributed by atoms with Crippen molar-refractivity contribution in [2.75, 3.05) is 0 Å². The molecule has 0 aliphatic rings. The lowest BCUT2D eigenvalue weighted by Gasteiger charge is -2.20. The van der Waals surface area contributed by atoms with Crippen LogP contribution in [0, 0.1) is 0 Å². The summed E-state index contributed by atoms with van der Waals surface area (Å²) in [6, 6.07) is 6.87. The topological polar surface area (TPSA) is 51.2 Å². The van der Waals surface area contributed by atoms with Crippen molar-refractivity contribution in [3.8, 4) is 11.1 Å². The fourth-order valence-electron chi connectivity index (χ4n) is 2.05. The number of carbonyl (C=O) groups excluding carboxylic acids is 1. The summed E-state index contributed by atoms with van der Waals surface area (Å²) in [6.45, 7) is 5.63. The third-order valence-electron chi connectivity index (χ3n) is 3.00. The third-order valence-corrected chi connectivity index (χ3v) is 3.75. The maximum atomic E-state index is 11.9. The zero-order chi connectivity index (χ0) is 17.9. The number of carbonyl (C=O) groups is 1. The smallest absolute Gasteiger partial charge is 0.407 e. The molecular weight excluding hydrogens is 371 g/mol. The molecule has 0 bridgehead atoms. The first-order valence-electron chi connectivity index (χ1n) is 7.22. The van der Waals surface area contributed by atoms with Crippen LogP contribution in [0.4, 0.5) is 4.79 Å². The maximum absolute atomic E-state index is 11.9. The number of alkyl carbamates (subject to hydrolysis) is 1. The molecular formula is C17H17Cl3N2O2. The van der Waals surface area contributed by atoms with Crippen molar-refractivity contribution in [2.45, 2.75) is 32.9 Å². The van der Waals surface area contributed by atoms with Gasteiger partial charge in [-0.3, -0.25) is 0 Å². The third kappa shape index (κ3) is 5.26. The molecule has 128 valence electrons. The fraction of sp³-hybridized carbons (Fsp3) is 0.294. The van der Waals surface area contributed by atoms with Gasteiger partial charge in [0.2, 0.25) is 0 Å². The first kappa shape index (κ1) is 18.8. The highest BCUT2D eigenvalue weighted by Gasteiger charge is 2.17. The Morgan fingerprint density at radius 3 is 2.50 bits per heavy atom. The molecule has 0 spiro atoms. The number of aromatic nitrogens is 1. The average Bonchev–Trinajstić information content (AvgIpc) is 2.44. The maximum Gasteiger partial charge on any atom is 0.407 e. The van der Waals surface area contributed by atoms with Gasteiger partial charge in [0.1, 0.15) is 10.8 Å². The van der Waals surface area contributed by atoms with Gasteiger partial charge in [-0.2, -0.15) is 0 Å². The molecule has 0 atom stereocenters. The Morgan fingerprint density at radius 2 is 1.88 bits per heavy atom. The zero-order valence-corrected chi connectivity index (χ0v) is 15.8. The number of benzene rings is 1.